The van der Waals surface area contributed by atoms with Crippen LogP contribution >= 0.6 is 0 Å². The first-order valence-electron chi connectivity index (χ1n) is 9.65. The predicted octanol–water partition coefficient (Wildman–Crippen LogP) is 2.66. The third-order valence-electron chi connectivity index (χ3n) is 5.25. The number of benzene rings is 1. The number of amides is 1. The van der Waals surface area contributed by atoms with E-state index >= 15 is 0 Å². The molecule has 5 nitrogen and oxygen atoms in total. The molecule has 0 saturated carbocycles. The average Bonchev–Trinajstić information content (AvgIpc) is 2.61. The number of carbonyl (C=O) groups is 1. The molecule has 2 atom stereocenters. The molecular weight excluding hydrogens is 331 g/mol. The van der Waals surface area contributed by atoms with Gasteiger partial charge in [0.2, 0.25) is 5.91 Å². The Balaban J connectivity index is 2.17. The van der Waals surface area contributed by atoms with Gasteiger partial charge in [-0.05, 0) is 45.0 Å². The van der Waals surface area contributed by atoms with Gasteiger partial charge in [-0.2, -0.15) is 0 Å². The lowest BCUT2D eigenvalue weighted by Crippen LogP contribution is -2.52. The summed E-state index contributed by atoms with van der Waals surface area (Å²) in [5.74, 6) is -0.487. The van der Waals surface area contributed by atoms with E-state index in [1.807, 2.05) is 19.9 Å². The minimum absolute atomic E-state index is 0.196. The molecule has 2 unspecified atom stereocenters. The molecule has 1 heterocycles. The van der Waals surface area contributed by atoms with Gasteiger partial charge < -0.3 is 20.9 Å². The van der Waals surface area contributed by atoms with Crippen molar-refractivity contribution < 1.29 is 9.18 Å². The van der Waals surface area contributed by atoms with Crippen LogP contribution in [0, 0.1) is 5.82 Å². The van der Waals surface area contributed by atoms with Crippen LogP contribution in [0.15, 0.2) is 18.2 Å². The van der Waals surface area contributed by atoms with Crippen LogP contribution in [-0.2, 0) is 4.79 Å². The molecule has 0 spiro atoms. The van der Waals surface area contributed by atoms with E-state index in [-0.39, 0.29) is 17.8 Å². The molecule has 1 aliphatic rings. The smallest absolute Gasteiger partial charge is 0.240 e. The maximum Gasteiger partial charge on any atom is 0.240 e. The average molecular weight is 365 g/mol. The summed E-state index contributed by atoms with van der Waals surface area (Å²) in [5, 5.41) is 2.98. The number of nitrogens with one attached hydrogen (secondary N) is 1. The van der Waals surface area contributed by atoms with Crippen LogP contribution < -0.4 is 16.0 Å². The molecule has 0 aromatic heterocycles. The Morgan fingerprint density at radius 1 is 1.31 bits per heavy atom. The van der Waals surface area contributed by atoms with E-state index in [0.717, 1.165) is 50.4 Å². The zero-order chi connectivity index (χ0) is 19.3. The third-order valence-corrected chi connectivity index (χ3v) is 5.25. The van der Waals surface area contributed by atoms with Crippen molar-refractivity contribution in [1.82, 2.24) is 10.2 Å². The van der Waals surface area contributed by atoms with Crippen LogP contribution in [0.25, 0.3) is 0 Å². The molecular formula is C20H33FN4O. The maximum absolute atomic E-state index is 13.9. The van der Waals surface area contributed by atoms with Gasteiger partial charge in [0.25, 0.3) is 0 Å². The summed E-state index contributed by atoms with van der Waals surface area (Å²) in [4.78, 5) is 17.2. The van der Waals surface area contributed by atoms with Crippen molar-refractivity contribution in [3.05, 3.63) is 29.6 Å². The summed E-state index contributed by atoms with van der Waals surface area (Å²) in [5.41, 5.74) is 7.01. The number of carbonyl (C=O) groups excluding carboxylic acids is 1. The van der Waals surface area contributed by atoms with E-state index in [1.165, 1.54) is 12.1 Å². The highest BCUT2D eigenvalue weighted by molar-refractivity contribution is 5.86. The highest BCUT2D eigenvalue weighted by Gasteiger charge is 2.29. The number of nitrogens with zero attached hydrogens (tertiary/aromatic N) is 2. The Bertz CT molecular complexity index is 612. The van der Waals surface area contributed by atoms with Gasteiger partial charge in [-0.25, -0.2) is 4.39 Å². The number of hydrogen-bond acceptors (Lipinski definition) is 4. The van der Waals surface area contributed by atoms with Gasteiger partial charge in [0.05, 0.1) is 11.6 Å². The highest BCUT2D eigenvalue weighted by atomic mass is 19.1. The summed E-state index contributed by atoms with van der Waals surface area (Å²) in [6, 6.07) is 4.53. The minimum Gasteiger partial charge on any atom is -0.369 e. The minimum atomic E-state index is -0.913. The quantitative estimate of drug-likeness (QED) is 0.781. The van der Waals surface area contributed by atoms with Gasteiger partial charge in [-0.1, -0.05) is 20.3 Å². The first kappa shape index (κ1) is 20.6. The fraction of sp³-hybridized carbons (Fsp3) is 0.650. The molecule has 0 bridgehead atoms. The second-order valence-corrected chi connectivity index (χ2v) is 7.49. The monoisotopic (exact) mass is 364 g/mol. The summed E-state index contributed by atoms with van der Waals surface area (Å²) in [6.45, 7) is 12.6. The number of rotatable bonds is 7. The van der Waals surface area contributed by atoms with Crippen molar-refractivity contribution in [2.45, 2.75) is 52.1 Å². The lowest BCUT2D eigenvalue weighted by molar-refractivity contribution is -0.126. The summed E-state index contributed by atoms with van der Waals surface area (Å²) < 4.78 is 13.9. The molecule has 0 aliphatic carbocycles. The van der Waals surface area contributed by atoms with Crippen molar-refractivity contribution in [1.29, 1.82) is 0 Å². The molecule has 2 rings (SSSR count). The van der Waals surface area contributed by atoms with Crippen molar-refractivity contribution >= 4 is 11.6 Å². The van der Waals surface area contributed by atoms with Crippen LogP contribution in [0.4, 0.5) is 10.1 Å². The van der Waals surface area contributed by atoms with Gasteiger partial charge >= 0.3 is 0 Å². The molecule has 26 heavy (non-hydrogen) atoms. The molecule has 146 valence electrons. The lowest BCUT2D eigenvalue weighted by atomic mass is 9.95. The summed E-state index contributed by atoms with van der Waals surface area (Å²) >= 11 is 0. The number of piperazine rings is 1. The molecule has 1 amide bonds. The Hall–Kier alpha value is -1.66. The number of halogens is 1. The van der Waals surface area contributed by atoms with Crippen molar-refractivity contribution in [3.63, 3.8) is 0 Å². The van der Waals surface area contributed by atoms with Gasteiger partial charge in [0.15, 0.2) is 0 Å². The van der Waals surface area contributed by atoms with Crippen molar-refractivity contribution in [2.75, 3.05) is 37.6 Å². The van der Waals surface area contributed by atoms with E-state index in [4.69, 9.17) is 5.73 Å². The predicted molar refractivity (Wildman–Crippen MR) is 105 cm³/mol. The van der Waals surface area contributed by atoms with Crippen molar-refractivity contribution in [2.24, 2.45) is 5.73 Å². The largest absolute Gasteiger partial charge is 0.369 e. The van der Waals surface area contributed by atoms with E-state index in [0.29, 0.717) is 6.42 Å². The molecule has 1 aliphatic heterocycles. The first-order valence-corrected chi connectivity index (χ1v) is 9.65. The van der Waals surface area contributed by atoms with Gasteiger partial charge in [0, 0.05) is 37.4 Å². The Kier molecular flexibility index (Phi) is 7.01. The third kappa shape index (κ3) is 4.95. The SMILES string of the molecule is CCCC(C)(N)C(=O)NC(C)c1cc(F)ccc1N1CCN(CC)CC1. The van der Waals surface area contributed by atoms with E-state index in [9.17, 15) is 9.18 Å². The van der Waals surface area contributed by atoms with Crippen LogP contribution in [0.5, 0.6) is 0 Å². The van der Waals surface area contributed by atoms with E-state index in [2.05, 4.69) is 22.0 Å². The zero-order valence-electron chi connectivity index (χ0n) is 16.5. The van der Waals surface area contributed by atoms with Crippen LogP contribution in [0.1, 0.15) is 52.1 Å². The normalized spacial score (nSPS) is 19.1. The Morgan fingerprint density at radius 3 is 2.54 bits per heavy atom. The Labute approximate surface area is 156 Å². The maximum atomic E-state index is 13.9. The number of nitrogens with two attached hydrogens (primary N) is 1. The van der Waals surface area contributed by atoms with Gasteiger partial charge in [-0.15, -0.1) is 0 Å². The second kappa shape index (κ2) is 8.82. The molecule has 1 aromatic carbocycles. The van der Waals surface area contributed by atoms with Gasteiger partial charge in [-0.3, -0.25) is 4.79 Å². The Morgan fingerprint density at radius 2 is 1.96 bits per heavy atom. The first-order chi connectivity index (χ1) is 12.3. The molecule has 1 saturated heterocycles. The lowest BCUT2D eigenvalue weighted by Gasteiger charge is -2.37. The van der Waals surface area contributed by atoms with Crippen LogP contribution in [0.3, 0.4) is 0 Å². The fourth-order valence-corrected chi connectivity index (χ4v) is 3.54. The second-order valence-electron chi connectivity index (χ2n) is 7.49. The number of hydrogen-bond donors (Lipinski definition) is 2. The van der Waals surface area contributed by atoms with E-state index < -0.39 is 5.54 Å². The topological polar surface area (TPSA) is 61.6 Å². The van der Waals surface area contributed by atoms with Gasteiger partial charge in [0.1, 0.15) is 5.82 Å². The zero-order valence-corrected chi connectivity index (χ0v) is 16.5. The summed E-state index contributed by atoms with van der Waals surface area (Å²) in [6.07, 6.45) is 1.45. The van der Waals surface area contributed by atoms with Crippen LogP contribution in [0.2, 0.25) is 0 Å². The molecule has 1 fully saturated rings. The highest BCUT2D eigenvalue weighted by Crippen LogP contribution is 2.29. The molecule has 1 aromatic rings. The number of likely N-dealkylation sites (N-methyl/N-ethyl adjacent to an activating group) is 1. The number of anilines is 1. The molecule has 3 N–H and O–H groups in total. The summed E-state index contributed by atoms with van der Waals surface area (Å²) in [7, 11) is 0. The standard InChI is InChI=1S/C20H33FN4O/c1-5-9-20(4,22)19(26)23-15(3)17-14-16(21)7-8-18(17)25-12-10-24(6-2)11-13-25/h7-8,14-15H,5-6,9-13,22H2,1-4H3,(H,23,26). The van der Waals surface area contributed by atoms with Crippen LogP contribution in [-0.4, -0.2) is 49.1 Å². The fourth-order valence-electron chi connectivity index (χ4n) is 3.54. The van der Waals surface area contributed by atoms with Crippen molar-refractivity contribution in [3.8, 4) is 0 Å². The molecule has 6 heteroatoms. The molecule has 0 radical (unpaired) electrons. The van der Waals surface area contributed by atoms with E-state index in [1.54, 1.807) is 6.92 Å².